The second-order valence-electron chi connectivity index (χ2n) is 6.29. The minimum absolute atomic E-state index is 0.130. The average Bonchev–Trinajstić information content (AvgIpc) is 2.60. The Labute approximate surface area is 160 Å². The van der Waals surface area contributed by atoms with Crippen LogP contribution in [0, 0.1) is 5.82 Å². The minimum atomic E-state index is -4.75. The van der Waals surface area contributed by atoms with Crippen molar-refractivity contribution in [2.45, 2.75) is 18.9 Å². The van der Waals surface area contributed by atoms with E-state index in [-0.39, 0.29) is 30.7 Å². The van der Waals surface area contributed by atoms with E-state index < -0.39 is 12.4 Å². The smallest absolute Gasteiger partial charge is 0.406 e. The number of carbonyl (C=O) groups is 1. The van der Waals surface area contributed by atoms with Crippen molar-refractivity contribution in [3.05, 3.63) is 65.5 Å². The van der Waals surface area contributed by atoms with Crippen molar-refractivity contribution >= 4 is 6.03 Å². The van der Waals surface area contributed by atoms with Gasteiger partial charge in [0.1, 0.15) is 11.6 Å². The van der Waals surface area contributed by atoms with Gasteiger partial charge in [0.15, 0.2) is 0 Å². The highest BCUT2D eigenvalue weighted by molar-refractivity contribution is 5.73. The van der Waals surface area contributed by atoms with Crippen LogP contribution in [0.2, 0.25) is 0 Å². The summed E-state index contributed by atoms with van der Waals surface area (Å²) in [6.45, 7) is 0.380. The molecule has 1 atom stereocenters. The molecule has 0 radical (unpaired) electrons. The molecule has 9 heteroatoms. The molecule has 0 fully saturated rings. The Bertz CT molecular complexity index is 779. The standard InChI is InChI=1S/C19H21F4N3O2/c1-26(2)17(14-4-3-5-15(20)10-14)12-25-18(27)24-11-13-6-8-16(9-7-13)28-19(21,22)23/h3-10,17H,11-12H2,1-2H3,(H2,24,25,27). The van der Waals surface area contributed by atoms with Crippen LogP contribution in [0.3, 0.4) is 0 Å². The van der Waals surface area contributed by atoms with Crippen molar-refractivity contribution < 1.29 is 27.1 Å². The summed E-state index contributed by atoms with van der Waals surface area (Å²) in [5.41, 5.74) is 1.34. The van der Waals surface area contributed by atoms with Gasteiger partial charge in [-0.15, -0.1) is 13.2 Å². The van der Waals surface area contributed by atoms with Crippen LogP contribution < -0.4 is 15.4 Å². The summed E-state index contributed by atoms with van der Waals surface area (Å²) in [6, 6.07) is 10.7. The van der Waals surface area contributed by atoms with Gasteiger partial charge >= 0.3 is 12.4 Å². The average molecular weight is 399 g/mol. The lowest BCUT2D eigenvalue weighted by Gasteiger charge is -2.25. The number of urea groups is 1. The van der Waals surface area contributed by atoms with E-state index in [1.54, 1.807) is 12.1 Å². The summed E-state index contributed by atoms with van der Waals surface area (Å²) in [5, 5.41) is 5.33. The summed E-state index contributed by atoms with van der Waals surface area (Å²) in [5.74, 6) is -0.684. The number of carbonyl (C=O) groups excluding carboxylic acids is 1. The van der Waals surface area contributed by atoms with Crippen LogP contribution in [-0.4, -0.2) is 37.9 Å². The summed E-state index contributed by atoms with van der Waals surface area (Å²) in [6.07, 6.45) is -4.75. The largest absolute Gasteiger partial charge is 0.573 e. The monoisotopic (exact) mass is 399 g/mol. The van der Waals surface area contributed by atoms with E-state index in [0.29, 0.717) is 5.56 Å². The molecular weight excluding hydrogens is 378 g/mol. The lowest BCUT2D eigenvalue weighted by molar-refractivity contribution is -0.274. The second-order valence-corrected chi connectivity index (χ2v) is 6.29. The van der Waals surface area contributed by atoms with Gasteiger partial charge in [-0.1, -0.05) is 24.3 Å². The number of rotatable bonds is 7. The summed E-state index contributed by atoms with van der Waals surface area (Å²) >= 11 is 0. The third kappa shape index (κ3) is 7.07. The van der Waals surface area contributed by atoms with Crippen LogP contribution in [0.4, 0.5) is 22.4 Å². The quantitative estimate of drug-likeness (QED) is 0.696. The molecule has 0 saturated carbocycles. The van der Waals surface area contributed by atoms with Crippen LogP contribution in [-0.2, 0) is 6.54 Å². The molecule has 0 spiro atoms. The Morgan fingerprint density at radius 3 is 2.36 bits per heavy atom. The zero-order chi connectivity index (χ0) is 20.7. The molecule has 2 aromatic carbocycles. The number of alkyl halides is 3. The zero-order valence-corrected chi connectivity index (χ0v) is 15.4. The Morgan fingerprint density at radius 1 is 1.11 bits per heavy atom. The van der Waals surface area contributed by atoms with E-state index in [0.717, 1.165) is 5.56 Å². The van der Waals surface area contributed by atoms with Crippen molar-refractivity contribution in [1.82, 2.24) is 15.5 Å². The Balaban J connectivity index is 1.84. The number of hydrogen-bond donors (Lipinski definition) is 2. The highest BCUT2D eigenvalue weighted by atomic mass is 19.4. The Morgan fingerprint density at radius 2 is 1.79 bits per heavy atom. The maximum Gasteiger partial charge on any atom is 0.573 e. The molecular formula is C19H21F4N3O2. The van der Waals surface area contributed by atoms with Crippen LogP contribution in [0.1, 0.15) is 17.2 Å². The SMILES string of the molecule is CN(C)C(CNC(=O)NCc1ccc(OC(F)(F)F)cc1)c1cccc(F)c1. The molecule has 2 aromatic rings. The maximum atomic E-state index is 13.4. The zero-order valence-electron chi connectivity index (χ0n) is 15.4. The first-order valence-electron chi connectivity index (χ1n) is 8.42. The number of ether oxygens (including phenoxy) is 1. The van der Waals surface area contributed by atoms with Gasteiger partial charge in [-0.2, -0.15) is 0 Å². The lowest BCUT2D eigenvalue weighted by Crippen LogP contribution is -2.40. The van der Waals surface area contributed by atoms with Crippen LogP contribution in [0.5, 0.6) is 5.75 Å². The predicted molar refractivity (Wildman–Crippen MR) is 96.2 cm³/mol. The molecule has 0 saturated heterocycles. The first-order chi connectivity index (χ1) is 13.1. The van der Waals surface area contributed by atoms with Crippen LogP contribution in [0.25, 0.3) is 0 Å². The third-order valence-electron chi connectivity index (χ3n) is 3.92. The summed E-state index contributed by atoms with van der Waals surface area (Å²) in [4.78, 5) is 13.9. The third-order valence-corrected chi connectivity index (χ3v) is 3.92. The highest BCUT2D eigenvalue weighted by Crippen LogP contribution is 2.22. The first kappa shape index (κ1) is 21.5. The fourth-order valence-corrected chi connectivity index (χ4v) is 2.56. The molecule has 1 unspecified atom stereocenters. The van der Waals surface area contributed by atoms with Crippen LogP contribution >= 0.6 is 0 Å². The molecule has 0 aliphatic carbocycles. The number of nitrogens with zero attached hydrogens (tertiary/aromatic N) is 1. The van der Waals surface area contributed by atoms with Gasteiger partial charge in [-0.25, -0.2) is 9.18 Å². The molecule has 0 aliphatic heterocycles. The normalized spacial score (nSPS) is 12.5. The number of halogens is 4. The minimum Gasteiger partial charge on any atom is -0.406 e. The molecule has 2 amide bonds. The predicted octanol–water partition coefficient (Wildman–Crippen LogP) is 3.83. The molecule has 0 heterocycles. The van der Waals surface area contributed by atoms with E-state index in [4.69, 9.17) is 0 Å². The van der Waals surface area contributed by atoms with Gasteiger partial charge in [0.05, 0.1) is 6.04 Å². The fraction of sp³-hybridized carbons (Fsp3) is 0.316. The van der Waals surface area contributed by atoms with Gasteiger partial charge in [0, 0.05) is 13.1 Å². The van der Waals surface area contributed by atoms with Crippen molar-refractivity contribution in [2.75, 3.05) is 20.6 Å². The second kappa shape index (κ2) is 9.41. The molecule has 0 aromatic heterocycles. The molecule has 5 nitrogen and oxygen atoms in total. The summed E-state index contributed by atoms with van der Waals surface area (Å²) < 4.78 is 53.6. The number of hydrogen-bond acceptors (Lipinski definition) is 3. The van der Waals surface area contributed by atoms with E-state index in [2.05, 4.69) is 15.4 Å². The summed E-state index contributed by atoms with van der Waals surface area (Å²) in [7, 11) is 3.64. The highest BCUT2D eigenvalue weighted by Gasteiger charge is 2.30. The molecule has 2 N–H and O–H groups in total. The van der Waals surface area contributed by atoms with Crippen molar-refractivity contribution in [3.63, 3.8) is 0 Å². The molecule has 0 bridgehead atoms. The molecule has 152 valence electrons. The fourth-order valence-electron chi connectivity index (χ4n) is 2.56. The van der Waals surface area contributed by atoms with Gasteiger partial charge in [0.25, 0.3) is 0 Å². The van der Waals surface area contributed by atoms with E-state index in [1.807, 2.05) is 19.0 Å². The Kier molecular flexibility index (Phi) is 7.22. The van der Waals surface area contributed by atoms with Crippen molar-refractivity contribution in [2.24, 2.45) is 0 Å². The van der Waals surface area contributed by atoms with E-state index >= 15 is 0 Å². The number of amides is 2. The lowest BCUT2D eigenvalue weighted by atomic mass is 10.1. The Hall–Kier alpha value is -2.81. The maximum absolute atomic E-state index is 13.4. The van der Waals surface area contributed by atoms with Gasteiger partial charge in [0.2, 0.25) is 0 Å². The number of nitrogens with one attached hydrogen (secondary N) is 2. The van der Waals surface area contributed by atoms with Gasteiger partial charge in [-0.05, 0) is 49.5 Å². The van der Waals surface area contributed by atoms with Gasteiger partial charge in [-0.3, -0.25) is 0 Å². The van der Waals surface area contributed by atoms with Crippen LogP contribution in [0.15, 0.2) is 48.5 Å². The van der Waals surface area contributed by atoms with Crippen molar-refractivity contribution in [3.8, 4) is 5.75 Å². The molecule has 2 rings (SSSR count). The molecule has 0 aliphatic rings. The van der Waals surface area contributed by atoms with E-state index in [1.165, 1.54) is 36.4 Å². The topological polar surface area (TPSA) is 53.6 Å². The first-order valence-corrected chi connectivity index (χ1v) is 8.42. The molecule has 28 heavy (non-hydrogen) atoms. The van der Waals surface area contributed by atoms with E-state index in [9.17, 15) is 22.4 Å². The van der Waals surface area contributed by atoms with Gasteiger partial charge < -0.3 is 20.3 Å². The number of likely N-dealkylation sites (N-methyl/N-ethyl adjacent to an activating group) is 1. The number of benzene rings is 2. The van der Waals surface area contributed by atoms with Crippen molar-refractivity contribution in [1.29, 1.82) is 0 Å².